The number of fused-ring (bicyclic) bond motifs is 1. The molecule has 1 N–H and O–H groups in total. The third-order valence-corrected chi connectivity index (χ3v) is 4.84. The van der Waals surface area contributed by atoms with Gasteiger partial charge in [0, 0.05) is 12.0 Å². The molecule has 0 saturated carbocycles. The third kappa shape index (κ3) is 3.82. The smallest absolute Gasteiger partial charge is 0.339 e. The number of para-hydroxylation sites is 2. The van der Waals surface area contributed by atoms with E-state index in [0.717, 1.165) is 0 Å². The highest BCUT2D eigenvalue weighted by Gasteiger charge is 2.28. The van der Waals surface area contributed by atoms with Crippen LogP contribution in [0.2, 0.25) is 0 Å². The van der Waals surface area contributed by atoms with Gasteiger partial charge in [-0.25, -0.2) is 9.18 Å². The molecule has 1 atom stereocenters. The normalized spacial score (nSPS) is 15.2. The maximum Gasteiger partial charge on any atom is 0.339 e. The summed E-state index contributed by atoms with van der Waals surface area (Å²) in [5.41, 5.74) is 2.82. The molecule has 0 saturated heterocycles. The molecule has 5 nitrogen and oxygen atoms in total. The number of benzene rings is 3. The molecular formula is C23H18FNO4. The number of esters is 1. The standard InChI is InChI=1S/C23H18FNO4/c1-28-20-5-3-2-4-19(20)25-22(26)15-8-11-18-16(12-15)13-21(29-23(18)27)14-6-9-17(24)10-7-14/h2-12,21H,13H2,1H3,(H,25,26)/t21-/m0/s1. The lowest BCUT2D eigenvalue weighted by molar-refractivity contribution is 0.0252. The second kappa shape index (κ2) is 7.75. The Bertz CT molecular complexity index is 1080. The number of anilines is 1. The van der Waals surface area contributed by atoms with Crippen molar-refractivity contribution < 1.29 is 23.5 Å². The molecule has 3 aromatic rings. The number of hydrogen-bond donors (Lipinski definition) is 1. The van der Waals surface area contributed by atoms with Crippen molar-refractivity contribution in [1.82, 2.24) is 0 Å². The van der Waals surface area contributed by atoms with Gasteiger partial charge >= 0.3 is 5.97 Å². The number of methoxy groups -OCH3 is 1. The number of hydrogen-bond acceptors (Lipinski definition) is 4. The second-order valence-electron chi connectivity index (χ2n) is 6.68. The van der Waals surface area contributed by atoms with E-state index >= 15 is 0 Å². The van der Waals surface area contributed by atoms with Crippen LogP contribution in [0.5, 0.6) is 5.75 Å². The monoisotopic (exact) mass is 391 g/mol. The average Bonchev–Trinajstić information content (AvgIpc) is 2.74. The van der Waals surface area contributed by atoms with E-state index in [2.05, 4.69) is 5.32 Å². The highest BCUT2D eigenvalue weighted by atomic mass is 19.1. The van der Waals surface area contributed by atoms with E-state index in [9.17, 15) is 14.0 Å². The van der Waals surface area contributed by atoms with Gasteiger partial charge in [0.05, 0.1) is 18.4 Å². The van der Waals surface area contributed by atoms with Crippen LogP contribution in [0.1, 0.15) is 37.9 Å². The number of carbonyl (C=O) groups excluding carboxylic acids is 2. The summed E-state index contributed by atoms with van der Waals surface area (Å²) in [7, 11) is 1.53. The lowest BCUT2D eigenvalue weighted by Crippen LogP contribution is -2.23. The largest absolute Gasteiger partial charge is 0.495 e. The molecule has 0 unspecified atom stereocenters. The first-order chi connectivity index (χ1) is 14.0. The fraction of sp³-hybridized carbons (Fsp3) is 0.130. The van der Waals surface area contributed by atoms with E-state index in [0.29, 0.717) is 40.1 Å². The minimum atomic E-state index is -0.525. The van der Waals surface area contributed by atoms with Crippen LogP contribution in [0.4, 0.5) is 10.1 Å². The van der Waals surface area contributed by atoms with Gasteiger partial charge in [-0.15, -0.1) is 0 Å². The Morgan fingerprint density at radius 3 is 2.62 bits per heavy atom. The quantitative estimate of drug-likeness (QED) is 0.663. The Hall–Kier alpha value is -3.67. The minimum absolute atomic E-state index is 0.311. The molecule has 3 aromatic carbocycles. The van der Waals surface area contributed by atoms with Gasteiger partial charge in [-0.2, -0.15) is 0 Å². The van der Waals surface area contributed by atoms with Crippen molar-refractivity contribution in [1.29, 1.82) is 0 Å². The Labute approximate surface area is 167 Å². The summed E-state index contributed by atoms with van der Waals surface area (Å²) in [5.74, 6) is -0.572. The molecule has 0 aromatic heterocycles. The molecule has 1 aliphatic rings. The Balaban J connectivity index is 1.59. The molecule has 1 heterocycles. The van der Waals surface area contributed by atoms with E-state index < -0.39 is 12.1 Å². The van der Waals surface area contributed by atoms with E-state index in [4.69, 9.17) is 9.47 Å². The molecule has 1 aliphatic heterocycles. The van der Waals surface area contributed by atoms with E-state index in [1.54, 1.807) is 48.5 Å². The van der Waals surface area contributed by atoms with E-state index in [-0.39, 0.29) is 11.7 Å². The second-order valence-corrected chi connectivity index (χ2v) is 6.68. The number of amides is 1. The number of nitrogens with one attached hydrogen (secondary N) is 1. The van der Waals surface area contributed by atoms with Gasteiger partial charge in [0.25, 0.3) is 5.91 Å². The molecule has 29 heavy (non-hydrogen) atoms. The molecule has 0 aliphatic carbocycles. The zero-order chi connectivity index (χ0) is 20.4. The van der Waals surface area contributed by atoms with Crippen LogP contribution in [0.15, 0.2) is 66.7 Å². The predicted molar refractivity (Wildman–Crippen MR) is 106 cm³/mol. The minimum Gasteiger partial charge on any atom is -0.495 e. The maximum atomic E-state index is 13.2. The highest BCUT2D eigenvalue weighted by molar-refractivity contribution is 6.06. The SMILES string of the molecule is COc1ccccc1NC(=O)c1ccc2c(c1)C[C@@H](c1ccc(F)cc1)OC2=O. The van der Waals surface area contributed by atoms with Gasteiger partial charge in [0.2, 0.25) is 0 Å². The van der Waals surface area contributed by atoms with Gasteiger partial charge in [0.1, 0.15) is 17.7 Å². The van der Waals surface area contributed by atoms with Gasteiger partial charge in [0.15, 0.2) is 0 Å². The number of ether oxygens (including phenoxy) is 2. The zero-order valence-electron chi connectivity index (χ0n) is 15.6. The zero-order valence-corrected chi connectivity index (χ0v) is 15.6. The molecular weight excluding hydrogens is 373 g/mol. The van der Waals surface area contributed by atoms with Crippen LogP contribution in [0.25, 0.3) is 0 Å². The summed E-state index contributed by atoms with van der Waals surface area (Å²) in [6.07, 6.45) is -0.120. The summed E-state index contributed by atoms with van der Waals surface area (Å²) < 4.78 is 23.9. The van der Waals surface area contributed by atoms with Gasteiger partial charge in [-0.05, 0) is 53.6 Å². The first-order valence-electron chi connectivity index (χ1n) is 9.09. The van der Waals surface area contributed by atoms with Crippen molar-refractivity contribution in [3.63, 3.8) is 0 Å². The number of carbonyl (C=O) groups is 2. The van der Waals surface area contributed by atoms with E-state index in [1.165, 1.54) is 19.2 Å². The average molecular weight is 391 g/mol. The van der Waals surface area contributed by atoms with E-state index in [1.807, 2.05) is 6.07 Å². The van der Waals surface area contributed by atoms with Crippen LogP contribution < -0.4 is 10.1 Å². The van der Waals surface area contributed by atoms with Crippen LogP contribution >= 0.6 is 0 Å². The molecule has 0 bridgehead atoms. The topological polar surface area (TPSA) is 64.6 Å². The molecule has 0 spiro atoms. The maximum absolute atomic E-state index is 13.2. The highest BCUT2D eigenvalue weighted by Crippen LogP contribution is 2.31. The molecule has 4 rings (SSSR count). The van der Waals surface area contributed by atoms with Crippen molar-refractivity contribution in [2.75, 3.05) is 12.4 Å². The van der Waals surface area contributed by atoms with Gasteiger partial charge < -0.3 is 14.8 Å². The predicted octanol–water partition coefficient (Wildman–Crippen LogP) is 4.54. The molecule has 6 heteroatoms. The molecule has 0 fully saturated rings. The van der Waals surface area contributed by atoms with Gasteiger partial charge in [-0.1, -0.05) is 24.3 Å². The van der Waals surface area contributed by atoms with Crippen molar-refractivity contribution in [3.8, 4) is 5.75 Å². The van der Waals surface area contributed by atoms with Crippen molar-refractivity contribution >= 4 is 17.6 Å². The van der Waals surface area contributed by atoms with Crippen LogP contribution in [0.3, 0.4) is 0 Å². The summed E-state index contributed by atoms with van der Waals surface area (Å²) in [4.78, 5) is 25.1. The summed E-state index contributed by atoms with van der Waals surface area (Å²) in [6, 6.07) is 17.8. The number of rotatable bonds is 4. The summed E-state index contributed by atoms with van der Waals surface area (Å²) >= 11 is 0. The van der Waals surface area contributed by atoms with Gasteiger partial charge in [-0.3, -0.25) is 4.79 Å². The molecule has 0 radical (unpaired) electrons. The Morgan fingerprint density at radius 2 is 1.86 bits per heavy atom. The van der Waals surface area contributed by atoms with Crippen molar-refractivity contribution in [2.24, 2.45) is 0 Å². The number of cyclic esters (lactones) is 1. The van der Waals surface area contributed by atoms with Crippen LogP contribution in [-0.4, -0.2) is 19.0 Å². The summed E-state index contributed by atoms with van der Waals surface area (Å²) in [6.45, 7) is 0. The van der Waals surface area contributed by atoms with Crippen molar-refractivity contribution in [3.05, 3.63) is 94.8 Å². The van der Waals surface area contributed by atoms with Crippen LogP contribution in [0, 0.1) is 5.82 Å². The fourth-order valence-corrected chi connectivity index (χ4v) is 3.34. The van der Waals surface area contributed by atoms with Crippen molar-refractivity contribution in [2.45, 2.75) is 12.5 Å². The fourth-order valence-electron chi connectivity index (χ4n) is 3.34. The first-order valence-corrected chi connectivity index (χ1v) is 9.09. The first kappa shape index (κ1) is 18.7. The molecule has 1 amide bonds. The lowest BCUT2D eigenvalue weighted by atomic mass is 9.93. The lowest BCUT2D eigenvalue weighted by Gasteiger charge is -2.25. The van der Waals surface area contributed by atoms with Crippen LogP contribution in [-0.2, 0) is 11.2 Å². The third-order valence-electron chi connectivity index (χ3n) is 4.84. The summed E-state index contributed by atoms with van der Waals surface area (Å²) in [5, 5.41) is 2.82. The Kier molecular flexibility index (Phi) is 4.99. The Morgan fingerprint density at radius 1 is 1.10 bits per heavy atom. The number of halogens is 1. The molecule has 146 valence electrons.